The number of sulfonamides is 1. The molecule has 3 N–H and O–H groups in total. The highest BCUT2D eigenvalue weighted by Crippen LogP contribution is 2.20. The van der Waals surface area contributed by atoms with Crippen LogP contribution in [-0.2, 0) is 21.2 Å². The van der Waals surface area contributed by atoms with Crippen LogP contribution in [0.25, 0.3) is 0 Å². The second-order valence-electron chi connectivity index (χ2n) is 5.86. The van der Waals surface area contributed by atoms with E-state index in [1.807, 2.05) is 24.3 Å². The summed E-state index contributed by atoms with van der Waals surface area (Å²) in [7, 11) is -3.14. The number of carbonyl (C=O) groups is 1. The molecule has 128 valence electrons. The molecule has 1 aliphatic heterocycles. The summed E-state index contributed by atoms with van der Waals surface area (Å²) in [6.07, 6.45) is 1.94. The Morgan fingerprint density at radius 1 is 1.26 bits per heavy atom. The minimum atomic E-state index is -3.14. The van der Waals surface area contributed by atoms with Crippen molar-refractivity contribution < 1.29 is 13.2 Å². The summed E-state index contributed by atoms with van der Waals surface area (Å²) in [6, 6.07) is 7.60. The molecule has 0 bridgehead atoms. The van der Waals surface area contributed by atoms with Crippen LogP contribution in [0.4, 0.5) is 5.69 Å². The molecule has 1 aliphatic rings. The zero-order valence-electron chi connectivity index (χ0n) is 13.5. The first kappa shape index (κ1) is 17.7. The van der Waals surface area contributed by atoms with Crippen LogP contribution < -0.4 is 11.1 Å². The number of benzene rings is 1. The molecule has 2 rings (SSSR count). The largest absolute Gasteiger partial charge is 0.399 e. The third-order valence-electron chi connectivity index (χ3n) is 4.28. The van der Waals surface area contributed by atoms with Crippen molar-refractivity contribution in [3.63, 3.8) is 0 Å². The number of rotatable bonds is 6. The summed E-state index contributed by atoms with van der Waals surface area (Å²) in [6.45, 7) is 3.10. The smallest absolute Gasteiger partial charge is 0.223 e. The van der Waals surface area contributed by atoms with Crippen LogP contribution in [0.5, 0.6) is 0 Å². The van der Waals surface area contributed by atoms with Gasteiger partial charge in [0.15, 0.2) is 0 Å². The molecule has 0 aromatic heterocycles. The van der Waals surface area contributed by atoms with E-state index in [2.05, 4.69) is 5.32 Å². The van der Waals surface area contributed by atoms with Gasteiger partial charge in [-0.15, -0.1) is 0 Å². The Morgan fingerprint density at radius 3 is 2.43 bits per heavy atom. The average Bonchev–Trinajstić information content (AvgIpc) is 2.56. The van der Waals surface area contributed by atoms with Gasteiger partial charge in [0.05, 0.1) is 5.75 Å². The molecule has 1 fully saturated rings. The summed E-state index contributed by atoms with van der Waals surface area (Å²) in [5.41, 5.74) is 7.49. The maximum atomic E-state index is 12.2. The van der Waals surface area contributed by atoms with E-state index < -0.39 is 10.0 Å². The number of hydrogen-bond donors (Lipinski definition) is 2. The number of piperidine rings is 1. The Bertz CT molecular complexity index is 620. The van der Waals surface area contributed by atoms with E-state index in [1.165, 1.54) is 4.31 Å². The normalized spacial score (nSPS) is 17.1. The van der Waals surface area contributed by atoms with Crippen molar-refractivity contribution in [1.29, 1.82) is 0 Å². The maximum Gasteiger partial charge on any atom is 0.223 e. The second kappa shape index (κ2) is 7.79. The van der Waals surface area contributed by atoms with E-state index in [-0.39, 0.29) is 17.6 Å². The van der Waals surface area contributed by atoms with Crippen molar-refractivity contribution >= 4 is 21.6 Å². The summed E-state index contributed by atoms with van der Waals surface area (Å²) in [5, 5.41) is 2.94. The standard InChI is InChI=1S/C16H25N3O3S/c1-2-23(21,22)19-11-8-14(9-12-19)16(20)18-10-7-13-3-5-15(17)6-4-13/h3-6,14H,2,7-12,17H2,1H3,(H,18,20). The SMILES string of the molecule is CCS(=O)(=O)N1CCC(C(=O)NCCc2ccc(N)cc2)CC1. The van der Waals surface area contributed by atoms with Crippen molar-refractivity contribution in [1.82, 2.24) is 9.62 Å². The van der Waals surface area contributed by atoms with Gasteiger partial charge in [0, 0.05) is 31.2 Å². The van der Waals surface area contributed by atoms with Gasteiger partial charge in [-0.2, -0.15) is 0 Å². The Morgan fingerprint density at radius 2 is 1.87 bits per heavy atom. The second-order valence-corrected chi connectivity index (χ2v) is 8.11. The van der Waals surface area contributed by atoms with E-state index in [4.69, 9.17) is 5.73 Å². The Hall–Kier alpha value is -1.60. The van der Waals surface area contributed by atoms with Crippen LogP contribution >= 0.6 is 0 Å². The maximum absolute atomic E-state index is 12.2. The van der Waals surface area contributed by atoms with Crippen LogP contribution in [-0.4, -0.2) is 44.0 Å². The molecule has 7 heteroatoms. The topological polar surface area (TPSA) is 92.5 Å². The lowest BCUT2D eigenvalue weighted by atomic mass is 9.97. The number of hydrogen-bond acceptors (Lipinski definition) is 4. The van der Waals surface area contributed by atoms with Crippen molar-refractivity contribution in [2.75, 3.05) is 31.1 Å². The minimum Gasteiger partial charge on any atom is -0.399 e. The molecule has 0 aliphatic carbocycles. The highest BCUT2D eigenvalue weighted by Gasteiger charge is 2.29. The van der Waals surface area contributed by atoms with Crippen LogP contribution in [0.15, 0.2) is 24.3 Å². The molecule has 23 heavy (non-hydrogen) atoms. The summed E-state index contributed by atoms with van der Waals surface area (Å²) >= 11 is 0. The monoisotopic (exact) mass is 339 g/mol. The van der Waals surface area contributed by atoms with Crippen molar-refractivity contribution in [2.45, 2.75) is 26.2 Å². The number of carbonyl (C=O) groups excluding carboxylic acids is 1. The van der Waals surface area contributed by atoms with Gasteiger partial charge in [0.2, 0.25) is 15.9 Å². The molecule has 0 saturated carbocycles. The fourth-order valence-corrected chi connectivity index (χ4v) is 3.87. The fraction of sp³-hybridized carbons (Fsp3) is 0.562. The molecule has 0 atom stereocenters. The first-order valence-corrected chi connectivity index (χ1v) is 9.63. The van der Waals surface area contributed by atoms with E-state index in [1.54, 1.807) is 6.92 Å². The Kier molecular flexibility index (Phi) is 6.01. The summed E-state index contributed by atoms with van der Waals surface area (Å²) in [4.78, 5) is 12.2. The molecule has 1 amide bonds. The van der Waals surface area contributed by atoms with Gasteiger partial charge in [0.25, 0.3) is 0 Å². The Labute approximate surface area is 138 Å². The van der Waals surface area contributed by atoms with Crippen LogP contribution in [0.2, 0.25) is 0 Å². The number of nitrogens with zero attached hydrogens (tertiary/aromatic N) is 1. The Balaban J connectivity index is 1.74. The van der Waals surface area contributed by atoms with Gasteiger partial charge < -0.3 is 11.1 Å². The summed E-state index contributed by atoms with van der Waals surface area (Å²) in [5.74, 6) is 0.0459. The van der Waals surface area contributed by atoms with E-state index in [0.29, 0.717) is 32.5 Å². The molecule has 6 nitrogen and oxygen atoms in total. The molecule has 0 radical (unpaired) electrons. The zero-order valence-corrected chi connectivity index (χ0v) is 14.3. The van der Waals surface area contributed by atoms with Crippen LogP contribution in [0, 0.1) is 5.92 Å². The third kappa shape index (κ3) is 4.94. The third-order valence-corrected chi connectivity index (χ3v) is 6.16. The number of nitrogens with one attached hydrogen (secondary N) is 1. The molecular weight excluding hydrogens is 314 g/mol. The van der Waals surface area contributed by atoms with Gasteiger partial charge >= 0.3 is 0 Å². The molecule has 0 spiro atoms. The van der Waals surface area contributed by atoms with Crippen molar-refractivity contribution in [3.8, 4) is 0 Å². The number of nitrogen functional groups attached to an aromatic ring is 1. The van der Waals surface area contributed by atoms with Gasteiger partial charge in [0.1, 0.15) is 0 Å². The van der Waals surface area contributed by atoms with E-state index >= 15 is 0 Å². The van der Waals surface area contributed by atoms with Gasteiger partial charge in [-0.3, -0.25) is 4.79 Å². The zero-order chi connectivity index (χ0) is 16.9. The first-order chi connectivity index (χ1) is 10.9. The van der Waals surface area contributed by atoms with Crippen molar-refractivity contribution in [2.24, 2.45) is 5.92 Å². The van der Waals surface area contributed by atoms with Gasteiger partial charge in [-0.25, -0.2) is 12.7 Å². The fourth-order valence-electron chi connectivity index (χ4n) is 2.74. The molecule has 0 unspecified atom stereocenters. The molecule has 1 aromatic rings. The lowest BCUT2D eigenvalue weighted by Crippen LogP contribution is -2.43. The molecule has 1 aromatic carbocycles. The van der Waals surface area contributed by atoms with Crippen LogP contribution in [0.3, 0.4) is 0 Å². The van der Waals surface area contributed by atoms with E-state index in [9.17, 15) is 13.2 Å². The highest BCUT2D eigenvalue weighted by molar-refractivity contribution is 7.89. The molecule has 1 heterocycles. The average molecular weight is 339 g/mol. The molecular formula is C16H25N3O3S. The summed E-state index contributed by atoms with van der Waals surface area (Å²) < 4.78 is 25.1. The predicted molar refractivity (Wildman–Crippen MR) is 91.3 cm³/mol. The lowest BCUT2D eigenvalue weighted by Gasteiger charge is -2.30. The van der Waals surface area contributed by atoms with Crippen LogP contribution in [0.1, 0.15) is 25.3 Å². The quantitative estimate of drug-likeness (QED) is 0.756. The van der Waals surface area contributed by atoms with Gasteiger partial charge in [-0.1, -0.05) is 12.1 Å². The molecule has 1 saturated heterocycles. The number of amides is 1. The highest BCUT2D eigenvalue weighted by atomic mass is 32.2. The number of anilines is 1. The minimum absolute atomic E-state index is 0.0222. The van der Waals surface area contributed by atoms with Gasteiger partial charge in [-0.05, 0) is 43.9 Å². The van der Waals surface area contributed by atoms with E-state index in [0.717, 1.165) is 17.7 Å². The first-order valence-electron chi connectivity index (χ1n) is 8.02. The van der Waals surface area contributed by atoms with Crippen molar-refractivity contribution in [3.05, 3.63) is 29.8 Å². The predicted octanol–water partition coefficient (Wildman–Crippen LogP) is 0.989. The lowest BCUT2D eigenvalue weighted by molar-refractivity contribution is -0.126. The number of nitrogens with two attached hydrogens (primary N) is 1.